The summed E-state index contributed by atoms with van der Waals surface area (Å²) in [6.07, 6.45) is -13.4. The molecule has 0 fully saturated rings. The molecule has 0 amide bonds. The molecule has 1 unspecified atom stereocenters. The van der Waals surface area contributed by atoms with Crippen LogP contribution in [-0.2, 0) is 21.7 Å². The summed E-state index contributed by atoms with van der Waals surface area (Å²) in [5, 5.41) is 165. The molecule has 26 nitrogen and oxygen atoms in total. The van der Waals surface area contributed by atoms with Crippen LogP contribution in [0.2, 0.25) is 0 Å². The first-order valence-electron chi connectivity index (χ1n) is 24.3. The zero-order valence-corrected chi connectivity index (χ0v) is 49.3. The minimum Gasteiger partial charge on any atom is -0.482 e. The van der Waals surface area contributed by atoms with E-state index in [1.165, 1.54) is 0 Å². The van der Waals surface area contributed by atoms with E-state index in [1.54, 1.807) is 0 Å². The van der Waals surface area contributed by atoms with Gasteiger partial charge >= 0.3 is 17.2 Å². The van der Waals surface area contributed by atoms with E-state index in [0.29, 0.717) is 0 Å². The second-order valence-corrected chi connectivity index (χ2v) is 22.9. The van der Waals surface area contributed by atoms with E-state index in [1.807, 2.05) is 0 Å². The Labute approximate surface area is 461 Å². The highest BCUT2D eigenvalue weighted by Gasteiger charge is 2.40. The van der Waals surface area contributed by atoms with Crippen LogP contribution in [0.3, 0.4) is 0 Å². The molecule has 2 aromatic rings. The van der Waals surface area contributed by atoms with Gasteiger partial charge in [0.1, 0.15) is 66.8 Å². The Balaban J connectivity index is -0.000000354. The molecule has 0 aliphatic rings. The van der Waals surface area contributed by atoms with Crippen LogP contribution < -0.4 is 4.74 Å². The number of benzene rings is 2. The third-order valence-corrected chi connectivity index (χ3v) is 10.5. The second-order valence-electron chi connectivity index (χ2n) is 21.8. The van der Waals surface area contributed by atoms with E-state index in [2.05, 4.69) is 121 Å². The molecule has 0 aliphatic carbocycles. The summed E-state index contributed by atoms with van der Waals surface area (Å²) in [7, 11) is -5.24. The van der Waals surface area contributed by atoms with Gasteiger partial charge in [-0.1, -0.05) is 118 Å². The lowest BCUT2D eigenvalue weighted by Crippen LogP contribution is -2.40. The van der Waals surface area contributed by atoms with Gasteiger partial charge in [0.25, 0.3) is 0 Å². The number of aliphatic hydroxyl groups excluding tert-OH is 19. The van der Waals surface area contributed by atoms with Crippen LogP contribution in [0.25, 0.3) is 0 Å². The fourth-order valence-electron chi connectivity index (χ4n) is 6.07. The SMILES string of the molecule is Cc1cc(C(C)(C)C)c(OC(c2c(C(C)(C)C)cc(C)cc2C(C)(C)C)[C@H](O)[C@H](O)CO)c(C(C)(C)C)c1.OC[C@@H](O)[C@@H](O)CO.OC[C@@H](O)[C@@H](O)CO.OC[C@@H](O)[C@@H](O)CO.OC[C@@H](O)[C@@H](O)CO.OP(O)O.OP(O)O. The number of hydrogen-bond acceptors (Lipinski definition) is 26. The van der Waals surface area contributed by atoms with Gasteiger partial charge < -0.3 is 131 Å². The van der Waals surface area contributed by atoms with Crippen molar-refractivity contribution < 1.29 is 131 Å². The number of aryl methyl sites for hydroxylation is 2. The van der Waals surface area contributed by atoms with Gasteiger partial charge in [0, 0.05) is 16.7 Å². The summed E-state index contributed by atoms with van der Waals surface area (Å²) in [6, 6.07) is 8.68. The Kier molecular flexibility index (Phi) is 45.7. The molecule has 0 bridgehead atoms. The highest BCUT2D eigenvalue weighted by Crippen LogP contribution is 2.46. The monoisotopic (exact) mass is 1180 g/mol. The summed E-state index contributed by atoms with van der Waals surface area (Å²) in [6.45, 7) is 25.4. The van der Waals surface area contributed by atoms with Gasteiger partial charge in [-0.3, -0.25) is 0 Å². The largest absolute Gasteiger partial charge is 0.482 e. The van der Waals surface area contributed by atoms with Crippen molar-refractivity contribution in [1.29, 1.82) is 0 Å². The topological polar surface area (TPSA) is 515 Å². The van der Waals surface area contributed by atoms with Gasteiger partial charge in [-0.05, 0) is 46.6 Å². The molecule has 0 aliphatic heterocycles. The Morgan fingerprint density at radius 3 is 0.654 bits per heavy atom. The smallest absolute Gasteiger partial charge is 0.324 e. The molecule has 25 N–H and O–H groups in total. The van der Waals surface area contributed by atoms with Crippen molar-refractivity contribution in [2.24, 2.45) is 0 Å². The zero-order chi connectivity index (χ0) is 63.0. The average molecular weight is 1180 g/mol. The highest BCUT2D eigenvalue weighted by molar-refractivity contribution is 7.38. The van der Waals surface area contributed by atoms with E-state index in [-0.39, 0.29) is 21.7 Å². The molecule has 0 heterocycles. The van der Waals surface area contributed by atoms with Crippen molar-refractivity contribution >= 4 is 17.2 Å². The van der Waals surface area contributed by atoms with Crippen LogP contribution in [0.5, 0.6) is 5.75 Å². The van der Waals surface area contributed by atoms with Crippen LogP contribution in [-0.4, -0.2) is 247 Å². The summed E-state index contributed by atoms with van der Waals surface area (Å²) in [4.78, 5) is 43.4. The molecule has 11 atom stereocenters. The van der Waals surface area contributed by atoms with Gasteiger partial charge in [-0.2, -0.15) is 0 Å². The molecule has 0 saturated heterocycles. The van der Waals surface area contributed by atoms with Gasteiger partial charge in [0.05, 0.1) is 59.5 Å². The van der Waals surface area contributed by atoms with Crippen LogP contribution in [0.1, 0.15) is 128 Å². The zero-order valence-electron chi connectivity index (χ0n) is 47.5. The highest BCUT2D eigenvalue weighted by atomic mass is 31.2. The van der Waals surface area contributed by atoms with Crippen molar-refractivity contribution in [2.75, 3.05) is 59.5 Å². The number of ether oxygens (including phenoxy) is 1. The van der Waals surface area contributed by atoms with E-state index in [4.69, 9.17) is 116 Å². The first-order chi connectivity index (χ1) is 35.3. The molecule has 28 heteroatoms. The summed E-state index contributed by atoms with van der Waals surface area (Å²) < 4.78 is 7.05. The number of rotatable bonds is 18. The minimum atomic E-state index is -2.62. The molecule has 2 rings (SSSR count). The molecule has 0 spiro atoms. The molecule has 0 aromatic heterocycles. The summed E-state index contributed by atoms with van der Waals surface area (Å²) in [5.74, 6) is 0.741. The lowest BCUT2D eigenvalue weighted by molar-refractivity contribution is -0.0705. The first-order valence-corrected chi connectivity index (χ1v) is 26.7. The summed E-state index contributed by atoms with van der Waals surface area (Å²) >= 11 is 0. The average Bonchev–Trinajstić information content (AvgIpc) is 3.34. The maximum absolute atomic E-state index is 11.6. The standard InChI is InChI=1S/C34H54O4.4C4H10O4.2H3O3P/c1-20-15-22(31(3,4)5)27(23(16-20)32(6,7)8)30(28(37)26(36)19-35)38-29-24(33(9,10)11)17-21(2)18-25(29)34(12,13)14;4*5-1-3(7)4(8)2-6;2*1-4(2)3/h15-18,26,28,30,35-37H,19H2,1-14H3;4*3-8H,1-2H2;2*1-3H/t26-,28-,30?;4*3-,4+;;/m1....../s1. The number of aliphatic hydroxyl groups is 19. The van der Waals surface area contributed by atoms with Gasteiger partial charge in [-0.25, -0.2) is 0 Å². The van der Waals surface area contributed by atoms with Crippen LogP contribution in [0.4, 0.5) is 0 Å². The maximum Gasteiger partial charge on any atom is 0.324 e. The lowest BCUT2D eigenvalue weighted by atomic mass is 9.72. The van der Waals surface area contributed by atoms with E-state index in [0.717, 1.165) is 44.7 Å². The fraction of sp³-hybridized carbons (Fsp3) is 0.760. The Morgan fingerprint density at radius 2 is 0.500 bits per heavy atom. The third-order valence-electron chi connectivity index (χ3n) is 10.5. The van der Waals surface area contributed by atoms with E-state index < -0.39 is 144 Å². The Hall–Kier alpha value is -1.90. The van der Waals surface area contributed by atoms with Crippen LogP contribution in [0.15, 0.2) is 24.3 Å². The Morgan fingerprint density at radius 1 is 0.333 bits per heavy atom. The number of hydrogen-bond donors (Lipinski definition) is 25. The predicted octanol–water partition coefficient (Wildman–Crippen LogP) is -3.52. The second kappa shape index (κ2) is 42.0. The van der Waals surface area contributed by atoms with Crippen molar-refractivity contribution in [1.82, 2.24) is 0 Å². The molecular formula is C50H100O26P2. The fourth-order valence-corrected chi connectivity index (χ4v) is 6.07. The van der Waals surface area contributed by atoms with Gasteiger partial charge in [-0.15, -0.1) is 0 Å². The van der Waals surface area contributed by atoms with Gasteiger partial charge in [0.15, 0.2) is 6.10 Å². The lowest BCUT2D eigenvalue weighted by Gasteiger charge is -2.39. The normalized spacial score (nSPS) is 16.0. The van der Waals surface area contributed by atoms with Crippen molar-refractivity contribution in [2.45, 2.75) is 186 Å². The molecule has 0 radical (unpaired) electrons. The van der Waals surface area contributed by atoms with Gasteiger partial charge in [0.2, 0.25) is 0 Å². The molecule has 466 valence electrons. The van der Waals surface area contributed by atoms with Crippen molar-refractivity contribution in [3.05, 3.63) is 63.2 Å². The van der Waals surface area contributed by atoms with Crippen molar-refractivity contribution in [3.63, 3.8) is 0 Å². The maximum atomic E-state index is 11.6. The quantitative estimate of drug-likeness (QED) is 0.0643. The molecule has 0 saturated carbocycles. The molecule has 2 aromatic carbocycles. The van der Waals surface area contributed by atoms with Crippen LogP contribution in [0, 0.1) is 13.8 Å². The Bertz CT molecular complexity index is 1620. The summed E-state index contributed by atoms with van der Waals surface area (Å²) in [5.41, 5.74) is 6.48. The van der Waals surface area contributed by atoms with Crippen molar-refractivity contribution in [3.8, 4) is 5.75 Å². The first kappa shape index (κ1) is 84.9. The third kappa shape index (κ3) is 36.5. The van der Waals surface area contributed by atoms with E-state index >= 15 is 0 Å². The molecule has 78 heavy (non-hydrogen) atoms. The molecular weight excluding hydrogens is 1080 g/mol. The van der Waals surface area contributed by atoms with E-state index in [9.17, 15) is 15.3 Å². The minimum absolute atomic E-state index is 0.223. The van der Waals surface area contributed by atoms with Crippen LogP contribution >= 0.6 is 17.2 Å². The predicted molar refractivity (Wildman–Crippen MR) is 292 cm³/mol.